The van der Waals surface area contributed by atoms with E-state index >= 15 is 0 Å². The summed E-state index contributed by atoms with van der Waals surface area (Å²) in [6.45, 7) is 18.1. The van der Waals surface area contributed by atoms with Crippen LogP contribution in [0.1, 0.15) is 125 Å². The van der Waals surface area contributed by atoms with Crippen molar-refractivity contribution in [1.82, 2.24) is 19.4 Å². The number of hydroxylamine groups is 4. The second kappa shape index (κ2) is 18.2. The maximum atomic E-state index is 12.5. The molecule has 0 amide bonds. The lowest BCUT2D eigenvalue weighted by Gasteiger charge is -2.32. The standard InChI is InChI=1S/C31H60N4O5/c1-7-30(8-2,20-17-22-35-39-27-33(12-6)40-35)18-13-15-24-38-25-16-14-19-31(9-3,10-4)21-23-34-28(36)26-32(11-5)29(34)37/h26,36H,7-25,27H2,1-6H3. The molecule has 1 aromatic rings. The molecule has 1 fully saturated rings. The van der Waals surface area contributed by atoms with Crippen LogP contribution in [0.4, 0.5) is 0 Å². The van der Waals surface area contributed by atoms with E-state index in [4.69, 9.17) is 14.5 Å². The van der Waals surface area contributed by atoms with Crippen LogP contribution in [0, 0.1) is 10.8 Å². The molecule has 0 spiro atoms. The molecule has 0 aromatic carbocycles. The zero-order valence-electron chi connectivity index (χ0n) is 26.6. The summed E-state index contributed by atoms with van der Waals surface area (Å²) >= 11 is 0. The lowest BCUT2D eigenvalue weighted by Crippen LogP contribution is -2.27. The van der Waals surface area contributed by atoms with Crippen molar-refractivity contribution in [2.75, 3.05) is 33.0 Å². The second-order valence-electron chi connectivity index (χ2n) is 11.7. The number of aromatic hydroxyl groups is 1. The van der Waals surface area contributed by atoms with E-state index in [1.54, 1.807) is 16.0 Å². The van der Waals surface area contributed by atoms with E-state index in [1.165, 1.54) is 36.7 Å². The van der Waals surface area contributed by atoms with Gasteiger partial charge in [-0.2, -0.15) is 4.94 Å². The highest BCUT2D eigenvalue weighted by Crippen LogP contribution is 2.38. The molecule has 0 radical (unpaired) electrons. The van der Waals surface area contributed by atoms with E-state index in [0.717, 1.165) is 77.7 Å². The lowest BCUT2D eigenvalue weighted by atomic mass is 9.74. The fourth-order valence-corrected chi connectivity index (χ4v) is 6.12. The molecule has 0 bridgehead atoms. The van der Waals surface area contributed by atoms with Crippen LogP contribution >= 0.6 is 0 Å². The van der Waals surface area contributed by atoms with Crippen LogP contribution in [0.2, 0.25) is 0 Å². The van der Waals surface area contributed by atoms with Crippen molar-refractivity contribution in [1.29, 1.82) is 0 Å². The fraction of sp³-hybridized carbons (Fsp3) is 0.903. The highest BCUT2D eigenvalue weighted by Gasteiger charge is 2.28. The third kappa shape index (κ3) is 10.5. The maximum absolute atomic E-state index is 12.5. The largest absolute Gasteiger partial charge is 0.493 e. The SMILES string of the molecule is CCN1CON(CCCC(CC)(CC)CCCCOCCCCC(CC)(CC)CCn2c(O)cn(CC)c2=O)O1. The monoisotopic (exact) mass is 568 g/mol. The second-order valence-corrected chi connectivity index (χ2v) is 11.7. The van der Waals surface area contributed by atoms with E-state index in [2.05, 4.69) is 34.6 Å². The van der Waals surface area contributed by atoms with Crippen LogP contribution in [-0.4, -0.2) is 57.6 Å². The summed E-state index contributed by atoms with van der Waals surface area (Å²) in [7, 11) is 0. The minimum Gasteiger partial charge on any atom is -0.493 e. The third-order valence-electron chi connectivity index (χ3n) is 9.68. The normalized spacial score (nSPS) is 15.4. The summed E-state index contributed by atoms with van der Waals surface area (Å²) in [4.78, 5) is 23.7. The van der Waals surface area contributed by atoms with E-state index in [-0.39, 0.29) is 17.0 Å². The molecule has 9 nitrogen and oxygen atoms in total. The smallest absolute Gasteiger partial charge is 0.331 e. The number of hydrogen-bond acceptors (Lipinski definition) is 7. The Balaban J connectivity index is 1.61. The summed E-state index contributed by atoms with van der Waals surface area (Å²) in [6, 6.07) is 0. The molecule has 1 aromatic heterocycles. The molecule has 234 valence electrons. The molecular weight excluding hydrogens is 508 g/mol. The number of imidazole rings is 1. The first-order valence-electron chi connectivity index (χ1n) is 16.2. The van der Waals surface area contributed by atoms with Gasteiger partial charge in [-0.05, 0) is 74.8 Å². The minimum atomic E-state index is -0.112. The van der Waals surface area contributed by atoms with Crippen LogP contribution in [-0.2, 0) is 27.6 Å². The van der Waals surface area contributed by atoms with E-state index in [1.807, 2.05) is 12.0 Å². The maximum Gasteiger partial charge on any atom is 0.331 e. The number of hydrogen-bond donors (Lipinski definition) is 1. The van der Waals surface area contributed by atoms with E-state index < -0.39 is 0 Å². The van der Waals surface area contributed by atoms with Gasteiger partial charge in [-0.3, -0.25) is 14.0 Å². The molecular formula is C31H60N4O5. The summed E-state index contributed by atoms with van der Waals surface area (Å²) in [6.07, 6.45) is 16.2. The Kier molecular flexibility index (Phi) is 15.8. The summed E-state index contributed by atoms with van der Waals surface area (Å²) in [5.74, 6) is 0.0752. The molecule has 9 heteroatoms. The van der Waals surface area contributed by atoms with Gasteiger partial charge < -0.3 is 9.84 Å². The van der Waals surface area contributed by atoms with Gasteiger partial charge in [0, 0.05) is 32.8 Å². The van der Waals surface area contributed by atoms with Crippen LogP contribution in [0.3, 0.4) is 0 Å². The van der Waals surface area contributed by atoms with Crippen molar-refractivity contribution < 1.29 is 19.6 Å². The molecule has 0 unspecified atom stereocenters. The van der Waals surface area contributed by atoms with Gasteiger partial charge in [0.2, 0.25) is 5.88 Å². The first-order valence-corrected chi connectivity index (χ1v) is 16.2. The van der Waals surface area contributed by atoms with Gasteiger partial charge in [0.25, 0.3) is 0 Å². The number of aromatic nitrogens is 2. The quantitative estimate of drug-likeness (QED) is 0.144. The highest BCUT2D eigenvalue weighted by molar-refractivity contribution is 5.05. The van der Waals surface area contributed by atoms with E-state index in [0.29, 0.717) is 25.2 Å². The van der Waals surface area contributed by atoms with Crippen LogP contribution < -0.4 is 5.69 Å². The summed E-state index contributed by atoms with van der Waals surface area (Å²) in [5, 5.41) is 13.7. The topological polar surface area (TPSA) is 81.3 Å². The highest BCUT2D eigenvalue weighted by atomic mass is 17.1. The molecule has 1 N–H and O–H groups in total. The van der Waals surface area contributed by atoms with Gasteiger partial charge in [0.1, 0.15) is 6.73 Å². The van der Waals surface area contributed by atoms with Gasteiger partial charge in [-0.1, -0.05) is 66.2 Å². The van der Waals surface area contributed by atoms with Crippen LogP contribution in [0.25, 0.3) is 0 Å². The van der Waals surface area contributed by atoms with Gasteiger partial charge in [-0.15, -0.1) is 5.06 Å². The number of rotatable bonds is 23. The Morgan fingerprint density at radius 2 is 1.38 bits per heavy atom. The average Bonchev–Trinajstić information content (AvgIpc) is 3.55. The Morgan fingerprint density at radius 1 is 0.800 bits per heavy atom. The molecule has 0 aliphatic carbocycles. The summed E-state index contributed by atoms with van der Waals surface area (Å²) < 4.78 is 9.11. The van der Waals surface area contributed by atoms with Crippen LogP contribution in [0.15, 0.2) is 11.0 Å². The first-order chi connectivity index (χ1) is 19.3. The molecule has 2 rings (SSSR count). The van der Waals surface area contributed by atoms with Crippen molar-refractivity contribution >= 4 is 0 Å². The van der Waals surface area contributed by atoms with Gasteiger partial charge in [0.15, 0.2) is 0 Å². The third-order valence-corrected chi connectivity index (χ3v) is 9.68. The molecule has 0 saturated carbocycles. The Morgan fingerprint density at radius 3 is 1.88 bits per heavy atom. The van der Waals surface area contributed by atoms with Crippen molar-refractivity contribution in [3.63, 3.8) is 0 Å². The predicted octanol–water partition coefficient (Wildman–Crippen LogP) is 6.89. The molecule has 1 saturated heterocycles. The molecule has 2 heterocycles. The molecule has 1 aliphatic heterocycles. The van der Waals surface area contributed by atoms with Crippen molar-refractivity contribution in [3.8, 4) is 5.88 Å². The van der Waals surface area contributed by atoms with Gasteiger partial charge in [0.05, 0.1) is 12.7 Å². The van der Waals surface area contributed by atoms with Gasteiger partial charge in [-0.25, -0.2) is 4.79 Å². The number of nitrogens with zero attached hydrogens (tertiary/aromatic N) is 4. The number of unbranched alkanes of at least 4 members (excludes halogenated alkanes) is 2. The van der Waals surface area contributed by atoms with E-state index in [9.17, 15) is 9.90 Å². The Labute approximate surface area is 243 Å². The summed E-state index contributed by atoms with van der Waals surface area (Å²) in [5.41, 5.74) is 0.487. The average molecular weight is 569 g/mol. The number of aryl methyl sites for hydroxylation is 1. The minimum absolute atomic E-state index is 0.0752. The zero-order chi connectivity index (χ0) is 29.4. The van der Waals surface area contributed by atoms with Crippen molar-refractivity contribution in [2.24, 2.45) is 10.8 Å². The van der Waals surface area contributed by atoms with Crippen molar-refractivity contribution in [3.05, 3.63) is 16.7 Å². The first kappa shape index (κ1) is 34.8. The van der Waals surface area contributed by atoms with Crippen molar-refractivity contribution in [2.45, 2.75) is 138 Å². The zero-order valence-corrected chi connectivity index (χ0v) is 26.6. The Hall–Kier alpha value is -1.39. The molecule has 40 heavy (non-hydrogen) atoms. The molecule has 1 aliphatic rings. The van der Waals surface area contributed by atoms with Crippen LogP contribution in [0.5, 0.6) is 5.88 Å². The number of ether oxygens (including phenoxy) is 1. The molecule has 0 atom stereocenters. The fourth-order valence-electron chi connectivity index (χ4n) is 6.12. The van der Waals surface area contributed by atoms with Gasteiger partial charge >= 0.3 is 5.69 Å². The lowest BCUT2D eigenvalue weighted by molar-refractivity contribution is -0.352. The predicted molar refractivity (Wildman–Crippen MR) is 161 cm³/mol. The Bertz CT molecular complexity index is 862.